The number of nitriles is 1. The smallest absolute Gasteiger partial charge is 0.149 e. The first-order valence-electron chi connectivity index (χ1n) is 6.20. The molecule has 0 amide bonds. The summed E-state index contributed by atoms with van der Waals surface area (Å²) in [6.45, 7) is 0. The molecule has 0 bridgehead atoms. The monoisotopic (exact) mass is 281 g/mol. The van der Waals surface area contributed by atoms with Crippen LogP contribution in [0, 0.1) is 23.0 Å². The fraction of sp³-hybridized carbons (Fsp3) is 0. The van der Waals surface area contributed by atoms with Crippen molar-refractivity contribution in [2.45, 2.75) is 0 Å². The van der Waals surface area contributed by atoms with E-state index in [2.05, 4.69) is 9.97 Å². The molecule has 5 heteroatoms. The molecular weight excluding hydrogens is 272 g/mol. The number of para-hydroxylation sites is 2. The van der Waals surface area contributed by atoms with Crippen LogP contribution in [0.5, 0.6) is 0 Å². The molecule has 0 aliphatic rings. The molecule has 0 spiro atoms. The molecule has 0 saturated carbocycles. The summed E-state index contributed by atoms with van der Waals surface area (Å²) in [6.07, 6.45) is 1.16. The van der Waals surface area contributed by atoms with Crippen molar-refractivity contribution in [3.63, 3.8) is 0 Å². The number of hydrogen-bond acceptors (Lipinski definition) is 2. The van der Waals surface area contributed by atoms with Crippen molar-refractivity contribution < 1.29 is 8.78 Å². The van der Waals surface area contributed by atoms with Crippen LogP contribution in [0.25, 0.3) is 22.7 Å². The molecule has 0 saturated heterocycles. The minimum Gasteiger partial charge on any atom is -0.337 e. The number of halogens is 2. The number of H-pyrrole nitrogens is 1. The van der Waals surface area contributed by atoms with Gasteiger partial charge in [-0.05, 0) is 30.3 Å². The number of nitrogens with zero attached hydrogens (tertiary/aromatic N) is 2. The molecule has 3 aromatic rings. The van der Waals surface area contributed by atoms with E-state index in [-0.39, 0.29) is 17.0 Å². The van der Waals surface area contributed by atoms with Crippen LogP contribution >= 0.6 is 0 Å². The predicted octanol–water partition coefficient (Wildman–Crippen LogP) is 3.91. The van der Waals surface area contributed by atoms with Crippen LogP contribution in [0.3, 0.4) is 0 Å². The number of aromatic amines is 1. The highest BCUT2D eigenvalue weighted by Gasteiger charge is 2.11. The number of imidazole rings is 1. The van der Waals surface area contributed by atoms with Gasteiger partial charge in [-0.3, -0.25) is 0 Å². The summed E-state index contributed by atoms with van der Waals surface area (Å²) >= 11 is 0. The van der Waals surface area contributed by atoms with Crippen molar-refractivity contribution in [3.05, 3.63) is 65.5 Å². The van der Waals surface area contributed by atoms with Gasteiger partial charge in [-0.15, -0.1) is 0 Å². The van der Waals surface area contributed by atoms with E-state index in [1.165, 1.54) is 6.07 Å². The first kappa shape index (κ1) is 13.0. The molecule has 0 radical (unpaired) electrons. The Morgan fingerprint density at radius 1 is 1.10 bits per heavy atom. The Bertz CT molecular complexity index is 835. The molecular formula is C16H9F2N3. The Morgan fingerprint density at radius 2 is 1.81 bits per heavy atom. The standard InChI is InChI=1S/C16H9F2N3/c17-12-4-3-5-13(18)11(12)8-10(9-19)16-20-14-6-1-2-7-15(14)21-16/h1-8H,(H,20,21)/b10-8+. The van der Waals surface area contributed by atoms with E-state index < -0.39 is 11.6 Å². The van der Waals surface area contributed by atoms with Crippen LogP contribution in [0.1, 0.15) is 11.4 Å². The number of rotatable bonds is 2. The second-order valence-electron chi connectivity index (χ2n) is 4.41. The molecule has 2 aromatic carbocycles. The largest absolute Gasteiger partial charge is 0.337 e. The molecule has 21 heavy (non-hydrogen) atoms. The molecule has 0 aliphatic carbocycles. The van der Waals surface area contributed by atoms with Gasteiger partial charge in [0.15, 0.2) is 0 Å². The van der Waals surface area contributed by atoms with Crippen LogP contribution in [0.4, 0.5) is 8.78 Å². The van der Waals surface area contributed by atoms with Crippen LogP contribution in [-0.4, -0.2) is 9.97 Å². The van der Waals surface area contributed by atoms with E-state index >= 15 is 0 Å². The first-order chi connectivity index (χ1) is 10.2. The minimum absolute atomic E-state index is 0.0650. The fourth-order valence-electron chi connectivity index (χ4n) is 2.03. The third kappa shape index (κ3) is 2.39. The Kier molecular flexibility index (Phi) is 3.20. The Balaban J connectivity index is 2.14. The number of nitrogens with one attached hydrogen (secondary N) is 1. The van der Waals surface area contributed by atoms with E-state index in [4.69, 9.17) is 0 Å². The number of aromatic nitrogens is 2. The summed E-state index contributed by atoms with van der Waals surface area (Å²) < 4.78 is 27.3. The zero-order chi connectivity index (χ0) is 14.8. The van der Waals surface area contributed by atoms with Crippen molar-refractivity contribution in [2.75, 3.05) is 0 Å². The molecule has 3 rings (SSSR count). The zero-order valence-corrected chi connectivity index (χ0v) is 10.8. The molecule has 1 aromatic heterocycles. The van der Waals surface area contributed by atoms with Crippen molar-refractivity contribution >= 4 is 22.7 Å². The van der Waals surface area contributed by atoms with Crippen LogP contribution in [0.15, 0.2) is 42.5 Å². The Hall–Kier alpha value is -3.00. The number of hydrogen-bond donors (Lipinski definition) is 1. The molecule has 3 nitrogen and oxygen atoms in total. The summed E-state index contributed by atoms with van der Waals surface area (Å²) in [4.78, 5) is 7.21. The Labute approximate surface area is 119 Å². The van der Waals surface area contributed by atoms with Crippen molar-refractivity contribution in [3.8, 4) is 6.07 Å². The lowest BCUT2D eigenvalue weighted by Gasteiger charge is -1.99. The number of allylic oxidation sites excluding steroid dienone is 1. The first-order valence-corrected chi connectivity index (χ1v) is 6.20. The molecule has 1 heterocycles. The summed E-state index contributed by atoms with van der Waals surface area (Å²) in [5, 5.41) is 9.22. The van der Waals surface area contributed by atoms with Crippen LogP contribution in [0.2, 0.25) is 0 Å². The van der Waals surface area contributed by atoms with Gasteiger partial charge in [0.1, 0.15) is 23.5 Å². The van der Waals surface area contributed by atoms with Crippen molar-refractivity contribution in [2.24, 2.45) is 0 Å². The average molecular weight is 281 g/mol. The fourth-order valence-corrected chi connectivity index (χ4v) is 2.03. The Morgan fingerprint density at radius 3 is 2.48 bits per heavy atom. The third-order valence-electron chi connectivity index (χ3n) is 3.05. The van der Waals surface area contributed by atoms with Gasteiger partial charge in [0.05, 0.1) is 16.6 Å². The number of benzene rings is 2. The maximum absolute atomic E-state index is 13.6. The van der Waals surface area contributed by atoms with E-state index in [1.54, 1.807) is 6.07 Å². The highest BCUT2D eigenvalue weighted by atomic mass is 19.1. The molecule has 0 unspecified atom stereocenters. The van der Waals surface area contributed by atoms with Gasteiger partial charge in [0.2, 0.25) is 0 Å². The molecule has 0 fully saturated rings. The van der Waals surface area contributed by atoms with Crippen LogP contribution < -0.4 is 0 Å². The van der Waals surface area contributed by atoms with Gasteiger partial charge in [0.25, 0.3) is 0 Å². The third-order valence-corrected chi connectivity index (χ3v) is 3.05. The van der Waals surface area contributed by atoms with E-state index in [9.17, 15) is 14.0 Å². The van der Waals surface area contributed by atoms with Crippen LogP contribution in [-0.2, 0) is 0 Å². The highest BCUT2D eigenvalue weighted by Crippen LogP contribution is 2.21. The van der Waals surface area contributed by atoms with E-state index in [0.717, 1.165) is 23.7 Å². The normalized spacial score (nSPS) is 11.6. The second-order valence-corrected chi connectivity index (χ2v) is 4.41. The van der Waals surface area contributed by atoms with Crippen molar-refractivity contribution in [1.82, 2.24) is 9.97 Å². The summed E-state index contributed by atoms with van der Waals surface area (Å²) in [5.41, 5.74) is 1.25. The molecule has 0 aliphatic heterocycles. The quantitative estimate of drug-likeness (QED) is 0.724. The molecule has 0 atom stereocenters. The zero-order valence-electron chi connectivity index (χ0n) is 10.8. The van der Waals surface area contributed by atoms with Gasteiger partial charge >= 0.3 is 0 Å². The van der Waals surface area contributed by atoms with Gasteiger partial charge < -0.3 is 4.98 Å². The van der Waals surface area contributed by atoms with Gasteiger partial charge in [-0.2, -0.15) is 5.26 Å². The topological polar surface area (TPSA) is 52.5 Å². The van der Waals surface area contributed by atoms with Crippen molar-refractivity contribution in [1.29, 1.82) is 5.26 Å². The predicted molar refractivity (Wildman–Crippen MR) is 75.9 cm³/mol. The van der Waals surface area contributed by atoms with E-state index in [1.807, 2.05) is 24.3 Å². The SMILES string of the molecule is N#C/C(=C\c1c(F)cccc1F)c1nc2ccccc2[nH]1. The lowest BCUT2D eigenvalue weighted by Crippen LogP contribution is -1.91. The second kappa shape index (κ2) is 5.17. The maximum atomic E-state index is 13.6. The molecule has 1 N–H and O–H groups in total. The lowest BCUT2D eigenvalue weighted by molar-refractivity contribution is 0.579. The van der Waals surface area contributed by atoms with Gasteiger partial charge in [-0.25, -0.2) is 13.8 Å². The van der Waals surface area contributed by atoms with Gasteiger partial charge in [-0.1, -0.05) is 18.2 Å². The maximum Gasteiger partial charge on any atom is 0.149 e. The van der Waals surface area contributed by atoms with Gasteiger partial charge in [0, 0.05) is 5.56 Å². The highest BCUT2D eigenvalue weighted by molar-refractivity contribution is 5.90. The average Bonchev–Trinajstić information content (AvgIpc) is 2.90. The number of fused-ring (bicyclic) bond motifs is 1. The van der Waals surface area contributed by atoms with E-state index in [0.29, 0.717) is 5.52 Å². The lowest BCUT2D eigenvalue weighted by atomic mass is 10.1. The molecule has 102 valence electrons. The minimum atomic E-state index is -0.723. The summed E-state index contributed by atoms with van der Waals surface area (Å²) in [6, 6.07) is 12.7. The summed E-state index contributed by atoms with van der Waals surface area (Å²) in [5.74, 6) is -1.17. The summed E-state index contributed by atoms with van der Waals surface area (Å²) in [7, 11) is 0.